The Labute approximate surface area is 115 Å². The summed E-state index contributed by atoms with van der Waals surface area (Å²) in [4.78, 5) is 8.86. The maximum atomic E-state index is 5.72. The molecule has 2 N–H and O–H groups in total. The van der Waals surface area contributed by atoms with Crippen molar-refractivity contribution in [2.75, 3.05) is 30.8 Å². The lowest BCUT2D eigenvalue weighted by atomic mass is 10.1. The molecule has 1 aliphatic rings. The van der Waals surface area contributed by atoms with E-state index in [1.165, 1.54) is 19.3 Å². The van der Waals surface area contributed by atoms with Crippen molar-refractivity contribution in [3.63, 3.8) is 0 Å². The van der Waals surface area contributed by atoms with E-state index in [1.807, 2.05) is 13.1 Å². The van der Waals surface area contributed by atoms with Gasteiger partial charge in [0.15, 0.2) is 0 Å². The van der Waals surface area contributed by atoms with E-state index >= 15 is 0 Å². The smallest absolute Gasteiger partial charge is 0.132 e. The predicted octanol–water partition coefficient (Wildman–Crippen LogP) is 2.45. The van der Waals surface area contributed by atoms with E-state index in [-0.39, 0.29) is 0 Å². The second-order valence-electron chi connectivity index (χ2n) is 4.86. The van der Waals surface area contributed by atoms with E-state index in [0.717, 1.165) is 43.5 Å². The van der Waals surface area contributed by atoms with Crippen LogP contribution in [0.4, 0.5) is 11.6 Å². The molecule has 19 heavy (non-hydrogen) atoms. The molecule has 1 atom stereocenters. The SMILES string of the molecule is CCc1nc(NC)cc(NCCC2CCCCO2)n1. The van der Waals surface area contributed by atoms with Crippen LogP contribution < -0.4 is 10.6 Å². The van der Waals surface area contributed by atoms with Gasteiger partial charge in [-0.2, -0.15) is 0 Å². The van der Waals surface area contributed by atoms with Crippen molar-refractivity contribution < 1.29 is 4.74 Å². The van der Waals surface area contributed by atoms with Gasteiger partial charge in [-0.15, -0.1) is 0 Å². The third kappa shape index (κ3) is 4.35. The molecule has 1 aliphatic heterocycles. The van der Waals surface area contributed by atoms with E-state index in [2.05, 4.69) is 27.5 Å². The van der Waals surface area contributed by atoms with Gasteiger partial charge in [-0.25, -0.2) is 9.97 Å². The number of rotatable bonds is 6. The summed E-state index contributed by atoms with van der Waals surface area (Å²) in [5.41, 5.74) is 0. The Hall–Kier alpha value is -1.36. The van der Waals surface area contributed by atoms with Crippen molar-refractivity contribution >= 4 is 11.6 Å². The molecule has 1 fully saturated rings. The number of aromatic nitrogens is 2. The van der Waals surface area contributed by atoms with Crippen LogP contribution in [0, 0.1) is 0 Å². The summed E-state index contributed by atoms with van der Waals surface area (Å²) >= 11 is 0. The maximum Gasteiger partial charge on any atom is 0.132 e. The lowest BCUT2D eigenvalue weighted by Crippen LogP contribution is -2.22. The second kappa shape index (κ2) is 7.28. The largest absolute Gasteiger partial charge is 0.378 e. The molecule has 1 unspecified atom stereocenters. The number of nitrogens with one attached hydrogen (secondary N) is 2. The number of ether oxygens (including phenoxy) is 1. The van der Waals surface area contributed by atoms with Crippen molar-refractivity contribution in [2.24, 2.45) is 0 Å². The van der Waals surface area contributed by atoms with Crippen LogP contribution >= 0.6 is 0 Å². The summed E-state index contributed by atoms with van der Waals surface area (Å²) in [5.74, 6) is 2.62. The van der Waals surface area contributed by atoms with Crippen molar-refractivity contribution in [3.8, 4) is 0 Å². The zero-order chi connectivity index (χ0) is 13.5. The van der Waals surface area contributed by atoms with Gasteiger partial charge in [0.2, 0.25) is 0 Å². The fraction of sp³-hybridized carbons (Fsp3) is 0.714. The van der Waals surface area contributed by atoms with Crippen LogP contribution in [-0.4, -0.2) is 36.3 Å². The molecule has 0 radical (unpaired) electrons. The van der Waals surface area contributed by atoms with E-state index < -0.39 is 0 Å². The van der Waals surface area contributed by atoms with Crippen LogP contribution in [0.2, 0.25) is 0 Å². The lowest BCUT2D eigenvalue weighted by Gasteiger charge is -2.22. The molecule has 5 heteroatoms. The highest BCUT2D eigenvalue weighted by molar-refractivity contribution is 5.47. The summed E-state index contributed by atoms with van der Waals surface area (Å²) < 4.78 is 5.72. The van der Waals surface area contributed by atoms with Gasteiger partial charge in [0.25, 0.3) is 0 Å². The number of aryl methyl sites for hydroxylation is 1. The highest BCUT2D eigenvalue weighted by Crippen LogP contribution is 2.16. The molecule has 0 aromatic carbocycles. The first-order valence-corrected chi connectivity index (χ1v) is 7.23. The molecule has 0 bridgehead atoms. The highest BCUT2D eigenvalue weighted by Gasteiger charge is 2.13. The minimum atomic E-state index is 0.414. The molecule has 0 aliphatic carbocycles. The molecule has 0 saturated carbocycles. The van der Waals surface area contributed by atoms with Crippen LogP contribution in [-0.2, 0) is 11.2 Å². The number of hydrogen-bond acceptors (Lipinski definition) is 5. The maximum absolute atomic E-state index is 5.72. The zero-order valence-electron chi connectivity index (χ0n) is 11.9. The molecule has 0 spiro atoms. The highest BCUT2D eigenvalue weighted by atomic mass is 16.5. The Balaban J connectivity index is 1.84. The van der Waals surface area contributed by atoms with Gasteiger partial charge in [0.05, 0.1) is 6.10 Å². The van der Waals surface area contributed by atoms with Crippen molar-refractivity contribution in [1.29, 1.82) is 0 Å². The van der Waals surface area contributed by atoms with Crippen LogP contribution in [0.3, 0.4) is 0 Å². The van der Waals surface area contributed by atoms with Crippen molar-refractivity contribution in [2.45, 2.75) is 45.1 Å². The Morgan fingerprint density at radius 2 is 2.16 bits per heavy atom. The lowest BCUT2D eigenvalue weighted by molar-refractivity contribution is 0.0134. The predicted molar refractivity (Wildman–Crippen MR) is 77.7 cm³/mol. The topological polar surface area (TPSA) is 59.1 Å². The molecule has 1 aromatic rings. The van der Waals surface area contributed by atoms with Gasteiger partial charge >= 0.3 is 0 Å². The first kappa shape index (κ1) is 14.1. The molecule has 1 saturated heterocycles. The standard InChI is InChI=1S/C14H24N4O/c1-3-12-17-13(15-2)10-14(18-12)16-8-7-11-6-4-5-9-19-11/h10-11H,3-9H2,1-2H3,(H2,15,16,17,18). The molecule has 106 valence electrons. The average Bonchev–Trinajstić information content (AvgIpc) is 2.48. The van der Waals surface area contributed by atoms with Crippen LogP contribution in [0.15, 0.2) is 6.07 Å². The Morgan fingerprint density at radius 3 is 2.84 bits per heavy atom. The number of hydrogen-bond donors (Lipinski definition) is 2. The minimum absolute atomic E-state index is 0.414. The van der Waals surface area contributed by atoms with Crippen LogP contribution in [0.1, 0.15) is 38.4 Å². The van der Waals surface area contributed by atoms with Gasteiger partial charge in [-0.1, -0.05) is 6.92 Å². The summed E-state index contributed by atoms with van der Waals surface area (Å²) in [5, 5.41) is 6.44. The normalized spacial score (nSPS) is 19.2. The first-order valence-electron chi connectivity index (χ1n) is 7.23. The molecular formula is C14H24N4O. The Kier molecular flexibility index (Phi) is 5.39. The van der Waals surface area contributed by atoms with E-state index in [4.69, 9.17) is 4.74 Å². The van der Waals surface area contributed by atoms with Crippen LogP contribution in [0.25, 0.3) is 0 Å². The first-order chi connectivity index (χ1) is 9.31. The quantitative estimate of drug-likeness (QED) is 0.826. The fourth-order valence-corrected chi connectivity index (χ4v) is 2.27. The third-order valence-corrected chi connectivity index (χ3v) is 3.39. The van der Waals surface area contributed by atoms with Gasteiger partial charge in [-0.05, 0) is 25.7 Å². The molecule has 1 aromatic heterocycles. The third-order valence-electron chi connectivity index (χ3n) is 3.39. The summed E-state index contributed by atoms with van der Waals surface area (Å²) in [7, 11) is 1.88. The molecule has 2 rings (SSSR count). The molecule has 5 nitrogen and oxygen atoms in total. The van der Waals surface area contributed by atoms with E-state index in [0.29, 0.717) is 6.10 Å². The van der Waals surface area contributed by atoms with E-state index in [9.17, 15) is 0 Å². The van der Waals surface area contributed by atoms with Gasteiger partial charge in [0, 0.05) is 32.7 Å². The Morgan fingerprint density at radius 1 is 1.32 bits per heavy atom. The van der Waals surface area contributed by atoms with Gasteiger partial charge < -0.3 is 15.4 Å². The summed E-state index contributed by atoms with van der Waals surface area (Å²) in [6.07, 6.45) is 5.99. The molecular weight excluding hydrogens is 240 g/mol. The van der Waals surface area contributed by atoms with Crippen molar-refractivity contribution in [1.82, 2.24) is 9.97 Å². The zero-order valence-corrected chi connectivity index (χ0v) is 11.9. The average molecular weight is 264 g/mol. The van der Waals surface area contributed by atoms with Gasteiger partial charge in [-0.3, -0.25) is 0 Å². The monoisotopic (exact) mass is 264 g/mol. The summed E-state index contributed by atoms with van der Waals surface area (Å²) in [6.45, 7) is 3.88. The fourth-order valence-electron chi connectivity index (χ4n) is 2.27. The second-order valence-corrected chi connectivity index (χ2v) is 4.86. The number of anilines is 2. The number of nitrogens with zero attached hydrogens (tertiary/aromatic N) is 2. The Bertz CT molecular complexity index is 369. The van der Waals surface area contributed by atoms with Crippen molar-refractivity contribution in [3.05, 3.63) is 11.9 Å². The summed E-state index contributed by atoms with van der Waals surface area (Å²) in [6, 6.07) is 1.95. The van der Waals surface area contributed by atoms with Gasteiger partial charge in [0.1, 0.15) is 17.5 Å². The molecule has 2 heterocycles. The minimum Gasteiger partial charge on any atom is -0.378 e. The van der Waals surface area contributed by atoms with E-state index in [1.54, 1.807) is 0 Å². The van der Waals surface area contributed by atoms with Crippen LogP contribution in [0.5, 0.6) is 0 Å². The molecule has 0 amide bonds.